The molecule has 0 bridgehead atoms. The van der Waals surface area contributed by atoms with Gasteiger partial charge in [-0.2, -0.15) is 5.26 Å². The monoisotopic (exact) mass is 432 g/mol. The highest BCUT2D eigenvalue weighted by atomic mass is 32.1. The fourth-order valence-electron chi connectivity index (χ4n) is 3.70. The van der Waals surface area contributed by atoms with Gasteiger partial charge in [0, 0.05) is 23.9 Å². The highest BCUT2D eigenvalue weighted by Gasteiger charge is 2.23. The van der Waals surface area contributed by atoms with E-state index in [1.165, 1.54) is 22.5 Å². The molecule has 0 atom stereocenters. The lowest BCUT2D eigenvalue weighted by Gasteiger charge is -2.11. The Morgan fingerprint density at radius 2 is 1.94 bits per heavy atom. The number of aromatic nitrogens is 2. The smallest absolute Gasteiger partial charge is 0.148 e. The molecule has 31 heavy (non-hydrogen) atoms. The fraction of sp³-hybridized carbons (Fsp3) is 0.333. The Morgan fingerprint density at radius 3 is 2.71 bits per heavy atom. The average molecular weight is 433 g/mol. The number of hydrogen-bond donors (Lipinski definition) is 0. The van der Waals surface area contributed by atoms with Crippen molar-refractivity contribution in [2.45, 2.75) is 32.8 Å². The fourth-order valence-corrected chi connectivity index (χ4v) is 4.59. The first-order valence-corrected chi connectivity index (χ1v) is 11.1. The zero-order valence-electron chi connectivity index (χ0n) is 17.9. The van der Waals surface area contributed by atoms with Gasteiger partial charge in [-0.05, 0) is 56.0 Å². The van der Waals surface area contributed by atoms with Gasteiger partial charge in [-0.1, -0.05) is 29.5 Å². The van der Waals surface area contributed by atoms with Crippen LogP contribution in [0, 0.1) is 11.3 Å². The molecule has 1 heterocycles. The maximum absolute atomic E-state index is 9.51. The molecule has 0 unspecified atom stereocenters. The second-order valence-corrected chi connectivity index (χ2v) is 8.53. The van der Waals surface area contributed by atoms with Gasteiger partial charge in [-0.15, -0.1) is 10.2 Å². The molecule has 0 spiro atoms. The summed E-state index contributed by atoms with van der Waals surface area (Å²) >= 11 is 1.53. The molecule has 0 saturated carbocycles. The Bertz CT molecular complexity index is 1160. The molecule has 0 radical (unpaired) electrons. The maximum Gasteiger partial charge on any atom is 0.148 e. The van der Waals surface area contributed by atoms with E-state index < -0.39 is 0 Å². The average Bonchev–Trinajstić information content (AvgIpc) is 3.41. The van der Waals surface area contributed by atoms with Crippen molar-refractivity contribution in [1.82, 2.24) is 10.2 Å². The van der Waals surface area contributed by atoms with Gasteiger partial charge in [-0.25, -0.2) is 0 Å². The van der Waals surface area contributed by atoms with Crippen molar-refractivity contribution >= 4 is 17.0 Å². The first-order valence-electron chi connectivity index (χ1n) is 10.3. The predicted molar refractivity (Wildman–Crippen MR) is 123 cm³/mol. The number of nitrogens with zero attached hydrogens (tertiary/aromatic N) is 4. The molecule has 0 amide bonds. The lowest BCUT2D eigenvalue weighted by Crippen LogP contribution is -2.06. The number of methoxy groups -OCH3 is 1. The zero-order valence-corrected chi connectivity index (χ0v) is 18.7. The minimum Gasteiger partial charge on any atom is -0.490 e. The lowest BCUT2D eigenvalue weighted by atomic mass is 10.0. The van der Waals surface area contributed by atoms with Crippen LogP contribution in [-0.2, 0) is 11.2 Å². The highest BCUT2D eigenvalue weighted by Crippen LogP contribution is 2.37. The summed E-state index contributed by atoms with van der Waals surface area (Å²) in [6.45, 7) is 5.19. The Labute approximate surface area is 186 Å². The van der Waals surface area contributed by atoms with Crippen molar-refractivity contribution < 1.29 is 9.47 Å². The van der Waals surface area contributed by atoms with Crippen LogP contribution < -0.4 is 4.74 Å². The van der Waals surface area contributed by atoms with E-state index in [0.717, 1.165) is 39.7 Å². The van der Waals surface area contributed by atoms with Crippen molar-refractivity contribution in [3.8, 4) is 33.0 Å². The number of ether oxygens (including phenoxy) is 2. The van der Waals surface area contributed by atoms with E-state index in [0.29, 0.717) is 24.5 Å². The predicted octanol–water partition coefficient (Wildman–Crippen LogP) is 4.91. The molecule has 4 rings (SSSR count). The van der Waals surface area contributed by atoms with Crippen molar-refractivity contribution in [1.29, 1.82) is 5.26 Å². The zero-order chi connectivity index (χ0) is 21.8. The Balaban J connectivity index is 1.64. The second kappa shape index (κ2) is 9.38. The number of fused-ring (bicyclic) bond motifs is 1. The molecule has 0 fully saturated rings. The van der Waals surface area contributed by atoms with Crippen LogP contribution in [0.1, 0.15) is 37.0 Å². The molecule has 6 nitrogen and oxygen atoms in total. The molecular weight excluding hydrogens is 408 g/mol. The highest BCUT2D eigenvalue weighted by molar-refractivity contribution is 7.17. The second-order valence-electron chi connectivity index (χ2n) is 7.55. The largest absolute Gasteiger partial charge is 0.490 e. The quantitative estimate of drug-likeness (QED) is 0.496. The third kappa shape index (κ3) is 4.50. The van der Waals surface area contributed by atoms with Crippen molar-refractivity contribution in [2.24, 2.45) is 4.99 Å². The molecule has 2 aromatic carbocycles. The molecule has 7 heteroatoms. The van der Waals surface area contributed by atoms with Gasteiger partial charge < -0.3 is 9.47 Å². The normalized spacial score (nSPS) is 14.1. The third-order valence-electron chi connectivity index (χ3n) is 5.06. The van der Waals surface area contributed by atoms with Crippen molar-refractivity contribution in [2.75, 3.05) is 20.3 Å². The Morgan fingerprint density at radius 1 is 1.13 bits per heavy atom. The van der Waals surface area contributed by atoms with E-state index in [1.54, 1.807) is 7.11 Å². The van der Waals surface area contributed by atoms with E-state index in [9.17, 15) is 5.26 Å². The Kier molecular flexibility index (Phi) is 6.40. The minimum absolute atomic E-state index is 0.00851. The van der Waals surface area contributed by atoms with E-state index in [4.69, 9.17) is 14.5 Å². The molecule has 1 aromatic heterocycles. The van der Waals surface area contributed by atoms with Gasteiger partial charge in [0.15, 0.2) is 0 Å². The number of rotatable bonds is 7. The van der Waals surface area contributed by atoms with E-state index in [2.05, 4.69) is 34.5 Å². The number of aliphatic imine (C=N–C) groups is 1. The topological polar surface area (TPSA) is 80.4 Å². The summed E-state index contributed by atoms with van der Waals surface area (Å²) in [7, 11) is 1.69. The van der Waals surface area contributed by atoms with Crippen LogP contribution in [0.25, 0.3) is 21.1 Å². The molecule has 0 N–H and O–H groups in total. The van der Waals surface area contributed by atoms with Crippen molar-refractivity contribution in [3.05, 3.63) is 53.1 Å². The summed E-state index contributed by atoms with van der Waals surface area (Å²) in [4.78, 5) is 4.71. The van der Waals surface area contributed by atoms with Gasteiger partial charge in [0.25, 0.3) is 0 Å². The summed E-state index contributed by atoms with van der Waals surface area (Å²) in [5.74, 6) is 0.590. The van der Waals surface area contributed by atoms with Gasteiger partial charge in [0.05, 0.1) is 24.8 Å². The molecule has 1 aliphatic carbocycles. The third-order valence-corrected chi connectivity index (χ3v) is 6.07. The molecule has 0 aliphatic heterocycles. The number of hydrogen-bond acceptors (Lipinski definition) is 7. The van der Waals surface area contributed by atoms with E-state index in [1.807, 2.05) is 32.0 Å². The van der Waals surface area contributed by atoms with E-state index >= 15 is 0 Å². The van der Waals surface area contributed by atoms with Crippen LogP contribution in [0.5, 0.6) is 5.75 Å². The Hall–Kier alpha value is -3.08. The SMILES string of the molecule is COCCN=C1CCc2c1cccc2-c1nnc(-c2ccc(OC(C)C)c(C#N)c2)s1. The summed E-state index contributed by atoms with van der Waals surface area (Å²) < 4.78 is 10.8. The van der Waals surface area contributed by atoms with Crippen LogP contribution in [0.2, 0.25) is 0 Å². The van der Waals surface area contributed by atoms with Crippen molar-refractivity contribution in [3.63, 3.8) is 0 Å². The summed E-state index contributed by atoms with van der Waals surface area (Å²) in [5, 5.41) is 20.0. The number of nitriles is 1. The maximum atomic E-state index is 9.51. The molecule has 3 aromatic rings. The van der Waals surface area contributed by atoms with Crippen LogP contribution in [-0.4, -0.2) is 42.3 Å². The molecule has 0 saturated heterocycles. The number of benzene rings is 2. The van der Waals surface area contributed by atoms with Gasteiger partial charge in [0.1, 0.15) is 21.8 Å². The first-order chi connectivity index (χ1) is 15.1. The van der Waals surface area contributed by atoms with Crippen LogP contribution in [0.4, 0.5) is 0 Å². The molecule has 158 valence electrons. The van der Waals surface area contributed by atoms with Crippen LogP contribution in [0.3, 0.4) is 0 Å². The molecule has 1 aliphatic rings. The molecular formula is C24H24N4O2S. The summed E-state index contributed by atoms with van der Waals surface area (Å²) in [6, 6.07) is 14.1. The van der Waals surface area contributed by atoms with Gasteiger partial charge in [-0.3, -0.25) is 4.99 Å². The summed E-state index contributed by atoms with van der Waals surface area (Å²) in [5.41, 5.74) is 6.09. The van der Waals surface area contributed by atoms with Gasteiger partial charge >= 0.3 is 0 Å². The van der Waals surface area contributed by atoms with Gasteiger partial charge in [0.2, 0.25) is 0 Å². The minimum atomic E-state index is 0.00851. The van der Waals surface area contributed by atoms with Crippen LogP contribution in [0.15, 0.2) is 41.4 Å². The summed E-state index contributed by atoms with van der Waals surface area (Å²) in [6.07, 6.45) is 1.89. The standard InChI is InChI=1S/C24H24N4O2S/c1-15(2)30-22-10-7-16(13-17(22)14-25)23-27-28-24(31-23)20-6-4-5-19-18(20)8-9-21(19)26-11-12-29-3/h4-7,10,13,15H,8-9,11-12H2,1-3H3. The lowest BCUT2D eigenvalue weighted by molar-refractivity contribution is 0.208. The van der Waals surface area contributed by atoms with E-state index in [-0.39, 0.29) is 6.10 Å². The first kappa shape index (κ1) is 21.2. The van der Waals surface area contributed by atoms with Crippen LogP contribution >= 0.6 is 11.3 Å².